The molecule has 0 amide bonds. The Morgan fingerprint density at radius 3 is 1.41 bits per heavy atom. The number of carbonyl (C=O) groups is 2. The molecule has 0 unspecified atom stereocenters. The number of aliphatic hydroxyl groups is 1. The molecule has 0 spiro atoms. The van der Waals surface area contributed by atoms with E-state index in [-0.39, 0.29) is 32.2 Å². The summed E-state index contributed by atoms with van der Waals surface area (Å²) in [6.07, 6.45) is 34.0. The molecule has 0 aromatic carbocycles. The van der Waals surface area contributed by atoms with Gasteiger partial charge in [-0.25, -0.2) is 4.57 Å². The first-order chi connectivity index (χ1) is 24.7. The molecule has 3 N–H and O–H groups in total. The minimum atomic E-state index is -4.71. The lowest BCUT2D eigenvalue weighted by atomic mass is 10.0. The SMILES string of the molecule is CCCCCCCC/C=C\CCCCCCCC(=O)O[C@@H](COC[C@@H](O)COP(=O)(O)O)COC(=O)CCCCCCCCCCCCCCC. The lowest BCUT2D eigenvalue weighted by molar-refractivity contribution is -0.163. The summed E-state index contributed by atoms with van der Waals surface area (Å²) in [7, 11) is -4.71. The number of carbonyl (C=O) groups excluding carboxylic acids is 2. The molecular formula is C40H77O10P. The molecule has 11 heteroatoms. The third-order valence-corrected chi connectivity index (χ3v) is 9.39. The van der Waals surface area contributed by atoms with Gasteiger partial charge in [-0.3, -0.25) is 14.1 Å². The molecule has 0 aliphatic carbocycles. The Labute approximate surface area is 311 Å². The smallest absolute Gasteiger partial charge is 0.462 e. The maximum Gasteiger partial charge on any atom is 0.469 e. The number of unbranched alkanes of at least 4 members (excludes halogenated alkanes) is 23. The van der Waals surface area contributed by atoms with Gasteiger partial charge in [-0.15, -0.1) is 0 Å². The van der Waals surface area contributed by atoms with Gasteiger partial charge in [0.15, 0.2) is 6.10 Å². The molecule has 0 aromatic rings. The van der Waals surface area contributed by atoms with Crippen molar-refractivity contribution < 1.29 is 47.8 Å². The van der Waals surface area contributed by atoms with E-state index in [1.807, 2.05) is 0 Å². The zero-order valence-electron chi connectivity index (χ0n) is 32.6. The van der Waals surface area contributed by atoms with Crippen LogP contribution in [-0.4, -0.2) is 65.5 Å². The average Bonchev–Trinajstić information content (AvgIpc) is 3.09. The van der Waals surface area contributed by atoms with Crippen LogP contribution in [0.25, 0.3) is 0 Å². The molecule has 2 atom stereocenters. The number of ether oxygens (including phenoxy) is 3. The zero-order valence-corrected chi connectivity index (χ0v) is 33.5. The van der Waals surface area contributed by atoms with Crippen LogP contribution in [0.1, 0.15) is 194 Å². The fourth-order valence-electron chi connectivity index (χ4n) is 5.81. The van der Waals surface area contributed by atoms with Gasteiger partial charge in [0.25, 0.3) is 0 Å². The first kappa shape index (κ1) is 49.7. The lowest BCUT2D eigenvalue weighted by Gasteiger charge is -2.19. The maximum absolute atomic E-state index is 12.6. The maximum atomic E-state index is 12.6. The normalized spacial score (nSPS) is 13.1. The van der Waals surface area contributed by atoms with Crippen LogP contribution in [0.15, 0.2) is 12.2 Å². The number of hydrogen-bond acceptors (Lipinski definition) is 8. The van der Waals surface area contributed by atoms with Gasteiger partial charge < -0.3 is 29.1 Å². The van der Waals surface area contributed by atoms with E-state index in [4.69, 9.17) is 24.0 Å². The summed E-state index contributed by atoms with van der Waals surface area (Å²) in [4.78, 5) is 42.6. The molecule has 51 heavy (non-hydrogen) atoms. The molecule has 0 fully saturated rings. The first-order valence-corrected chi connectivity index (χ1v) is 22.2. The van der Waals surface area contributed by atoms with Crippen LogP contribution in [0.5, 0.6) is 0 Å². The van der Waals surface area contributed by atoms with E-state index in [9.17, 15) is 19.3 Å². The highest BCUT2D eigenvalue weighted by Crippen LogP contribution is 2.35. The molecule has 0 aromatic heterocycles. The molecule has 0 aliphatic heterocycles. The summed E-state index contributed by atoms with van der Waals surface area (Å²) in [5.41, 5.74) is 0. The Hall–Kier alpha value is -1.29. The van der Waals surface area contributed by atoms with Crippen molar-refractivity contribution in [3.8, 4) is 0 Å². The second-order valence-corrected chi connectivity index (χ2v) is 15.3. The first-order valence-electron chi connectivity index (χ1n) is 20.6. The second-order valence-electron chi connectivity index (χ2n) is 14.1. The molecule has 0 saturated carbocycles. The Bertz CT molecular complexity index is 862. The van der Waals surface area contributed by atoms with Gasteiger partial charge in [0.1, 0.15) is 12.7 Å². The molecule has 0 saturated heterocycles. The standard InChI is InChI=1S/C40H77O10P/c1-3-5-7-9-11-13-15-17-18-20-22-24-26-28-30-32-40(43)50-38(35-47-33-37(41)34-49-51(44,45)46)36-48-39(42)31-29-27-25-23-21-19-16-14-12-10-8-6-4-2/h17-18,37-38,41H,3-16,19-36H2,1-2H3,(H2,44,45,46)/b18-17-/t37-,38+/m1/s1. The summed E-state index contributed by atoms with van der Waals surface area (Å²) < 4.78 is 31.5. The minimum Gasteiger partial charge on any atom is -0.462 e. The number of allylic oxidation sites excluding steroid dienone is 2. The molecule has 0 aliphatic rings. The molecule has 0 rings (SSSR count). The Kier molecular flexibility index (Phi) is 36.1. The number of aliphatic hydroxyl groups excluding tert-OH is 1. The van der Waals surface area contributed by atoms with Crippen LogP contribution < -0.4 is 0 Å². The van der Waals surface area contributed by atoms with Gasteiger partial charge in [0, 0.05) is 12.8 Å². The third kappa shape index (κ3) is 39.7. The third-order valence-electron chi connectivity index (χ3n) is 8.90. The van der Waals surface area contributed by atoms with Crippen molar-refractivity contribution in [1.82, 2.24) is 0 Å². The Balaban J connectivity index is 4.25. The van der Waals surface area contributed by atoms with Crippen molar-refractivity contribution in [3.05, 3.63) is 12.2 Å². The quantitative estimate of drug-likeness (QED) is 0.0240. The van der Waals surface area contributed by atoms with Crippen molar-refractivity contribution in [2.24, 2.45) is 0 Å². The van der Waals surface area contributed by atoms with Crippen LogP contribution >= 0.6 is 7.82 Å². The molecule has 0 heterocycles. The fraction of sp³-hybridized carbons (Fsp3) is 0.900. The number of rotatable bonds is 39. The highest BCUT2D eigenvalue weighted by Gasteiger charge is 2.20. The van der Waals surface area contributed by atoms with Gasteiger partial charge >= 0.3 is 19.8 Å². The largest absolute Gasteiger partial charge is 0.469 e. The van der Waals surface area contributed by atoms with Crippen LogP contribution in [0.2, 0.25) is 0 Å². The van der Waals surface area contributed by atoms with E-state index in [0.29, 0.717) is 12.8 Å². The minimum absolute atomic E-state index is 0.142. The number of phosphoric ester groups is 1. The van der Waals surface area contributed by atoms with Gasteiger partial charge in [-0.2, -0.15) is 0 Å². The van der Waals surface area contributed by atoms with Crippen LogP contribution in [0, 0.1) is 0 Å². The van der Waals surface area contributed by atoms with Gasteiger partial charge in [-0.1, -0.05) is 154 Å². The van der Waals surface area contributed by atoms with Crippen LogP contribution in [-0.2, 0) is 32.9 Å². The van der Waals surface area contributed by atoms with E-state index in [1.165, 1.54) is 109 Å². The monoisotopic (exact) mass is 749 g/mol. The summed E-state index contributed by atoms with van der Waals surface area (Å²) >= 11 is 0. The van der Waals surface area contributed by atoms with Gasteiger partial charge in [0.05, 0.1) is 19.8 Å². The van der Waals surface area contributed by atoms with E-state index in [1.54, 1.807) is 0 Å². The number of phosphoric acid groups is 1. The summed E-state index contributed by atoms with van der Waals surface area (Å²) in [6.45, 7) is 3.27. The van der Waals surface area contributed by atoms with Crippen LogP contribution in [0.3, 0.4) is 0 Å². The van der Waals surface area contributed by atoms with Crippen molar-refractivity contribution in [1.29, 1.82) is 0 Å². The second kappa shape index (κ2) is 37.0. The highest BCUT2D eigenvalue weighted by atomic mass is 31.2. The van der Waals surface area contributed by atoms with Crippen molar-refractivity contribution in [2.45, 2.75) is 206 Å². The highest BCUT2D eigenvalue weighted by molar-refractivity contribution is 7.46. The van der Waals surface area contributed by atoms with Crippen LogP contribution in [0.4, 0.5) is 0 Å². The number of esters is 2. The Morgan fingerprint density at radius 2 is 0.961 bits per heavy atom. The summed E-state index contributed by atoms with van der Waals surface area (Å²) in [5.74, 6) is -0.759. The van der Waals surface area contributed by atoms with E-state index in [0.717, 1.165) is 51.4 Å². The fourth-order valence-corrected chi connectivity index (χ4v) is 6.18. The predicted octanol–water partition coefficient (Wildman–Crippen LogP) is 10.4. The lowest BCUT2D eigenvalue weighted by Crippen LogP contribution is -2.32. The van der Waals surface area contributed by atoms with Gasteiger partial charge in [0.2, 0.25) is 0 Å². The van der Waals surface area contributed by atoms with Crippen molar-refractivity contribution >= 4 is 19.8 Å². The molecule has 10 nitrogen and oxygen atoms in total. The molecule has 302 valence electrons. The zero-order chi connectivity index (χ0) is 37.7. The van der Waals surface area contributed by atoms with Crippen molar-refractivity contribution in [3.63, 3.8) is 0 Å². The summed E-state index contributed by atoms with van der Waals surface area (Å²) in [5, 5.41) is 9.89. The van der Waals surface area contributed by atoms with Gasteiger partial charge in [-0.05, 0) is 38.5 Å². The molecular weight excluding hydrogens is 671 g/mol. The predicted molar refractivity (Wildman–Crippen MR) is 205 cm³/mol. The van der Waals surface area contributed by atoms with E-state index in [2.05, 4.69) is 30.5 Å². The average molecular weight is 749 g/mol. The summed E-state index contributed by atoms with van der Waals surface area (Å²) in [6, 6.07) is 0. The number of hydrogen-bond donors (Lipinski definition) is 3. The Morgan fingerprint density at radius 1 is 0.549 bits per heavy atom. The van der Waals surface area contributed by atoms with E-state index < -0.39 is 32.6 Å². The van der Waals surface area contributed by atoms with E-state index >= 15 is 0 Å². The van der Waals surface area contributed by atoms with Crippen molar-refractivity contribution in [2.75, 3.05) is 26.4 Å². The molecule has 0 radical (unpaired) electrons. The molecule has 0 bridgehead atoms. The topological polar surface area (TPSA) is 149 Å².